The van der Waals surface area contributed by atoms with Gasteiger partial charge in [0.05, 0.1) is 26.4 Å². The first-order valence-electron chi connectivity index (χ1n) is 8.60. The lowest BCUT2D eigenvalue weighted by Crippen LogP contribution is -2.25. The highest BCUT2D eigenvalue weighted by Crippen LogP contribution is 2.43. The van der Waals surface area contributed by atoms with Crippen LogP contribution in [0.3, 0.4) is 0 Å². The van der Waals surface area contributed by atoms with Gasteiger partial charge in [-0.2, -0.15) is 0 Å². The van der Waals surface area contributed by atoms with Crippen molar-refractivity contribution in [3.8, 4) is 17.2 Å². The van der Waals surface area contributed by atoms with Crippen molar-refractivity contribution in [1.29, 1.82) is 0 Å². The van der Waals surface area contributed by atoms with Crippen molar-refractivity contribution < 1.29 is 22.6 Å². The van der Waals surface area contributed by atoms with Gasteiger partial charge in [0.25, 0.3) is 0 Å². The highest BCUT2D eigenvalue weighted by molar-refractivity contribution is 7.94. The molecular weight excluding hydrogens is 366 g/mol. The Hall–Kier alpha value is -2.67. The molecule has 0 radical (unpaired) electrons. The number of hydrogen-bond acceptors (Lipinski definition) is 6. The highest BCUT2D eigenvalue weighted by Gasteiger charge is 2.39. The third-order valence-electron chi connectivity index (χ3n) is 4.37. The number of nitrogens with zero attached hydrogens (tertiary/aromatic N) is 1. The Labute approximate surface area is 159 Å². The summed E-state index contributed by atoms with van der Waals surface area (Å²) in [6, 6.07) is 12.9. The van der Waals surface area contributed by atoms with Gasteiger partial charge in [-0.3, -0.25) is 0 Å². The Kier molecular flexibility index (Phi) is 5.60. The molecule has 1 atom stereocenters. The van der Waals surface area contributed by atoms with Gasteiger partial charge in [0.2, 0.25) is 0 Å². The summed E-state index contributed by atoms with van der Waals surface area (Å²) in [5.41, 5.74) is 1.47. The van der Waals surface area contributed by atoms with E-state index in [4.69, 9.17) is 14.2 Å². The lowest BCUT2D eigenvalue weighted by Gasteiger charge is -2.27. The zero-order valence-corrected chi connectivity index (χ0v) is 16.4. The summed E-state index contributed by atoms with van der Waals surface area (Å²) in [6.45, 7) is 2.95. The molecule has 27 heavy (non-hydrogen) atoms. The second-order valence-corrected chi connectivity index (χ2v) is 7.95. The molecule has 0 bridgehead atoms. The quantitative estimate of drug-likeness (QED) is 0.722. The maximum Gasteiger partial charge on any atom is 0.198 e. The molecule has 6 nitrogen and oxygen atoms in total. The Morgan fingerprint density at radius 2 is 1.63 bits per heavy atom. The summed E-state index contributed by atoms with van der Waals surface area (Å²) >= 11 is 0. The van der Waals surface area contributed by atoms with Crippen molar-refractivity contribution in [2.24, 2.45) is 0 Å². The molecule has 2 aromatic carbocycles. The van der Waals surface area contributed by atoms with Crippen LogP contribution in [0.4, 0.5) is 0 Å². The normalized spacial score (nSPS) is 17.7. The average Bonchev–Trinajstić information content (AvgIpc) is 2.96. The molecule has 144 valence electrons. The molecule has 1 unspecified atom stereocenters. The van der Waals surface area contributed by atoms with Crippen LogP contribution >= 0.6 is 0 Å². The van der Waals surface area contributed by atoms with Crippen LogP contribution in [0.5, 0.6) is 17.2 Å². The second kappa shape index (κ2) is 7.92. The Balaban J connectivity index is 1.96. The molecule has 0 spiro atoms. The van der Waals surface area contributed by atoms with E-state index in [9.17, 15) is 8.42 Å². The largest absolute Gasteiger partial charge is 0.496 e. The van der Waals surface area contributed by atoms with E-state index in [2.05, 4.69) is 0 Å². The number of hydrogen-bond donors (Lipinski definition) is 0. The molecular formula is C20H23NO5S. The molecule has 2 aromatic rings. The SMILES string of the molecule is CCOc1ccc(CN2C=CS(=O)(=O)C2c2c(OC)cccc2OC)cc1. The van der Waals surface area contributed by atoms with Crippen molar-refractivity contribution >= 4 is 9.84 Å². The monoisotopic (exact) mass is 389 g/mol. The van der Waals surface area contributed by atoms with E-state index in [0.717, 1.165) is 11.3 Å². The van der Waals surface area contributed by atoms with Gasteiger partial charge in [-0.1, -0.05) is 18.2 Å². The zero-order valence-electron chi connectivity index (χ0n) is 15.6. The molecule has 0 fully saturated rings. The maximum atomic E-state index is 12.8. The zero-order chi connectivity index (χ0) is 19.4. The summed E-state index contributed by atoms with van der Waals surface area (Å²) < 4.78 is 41.9. The van der Waals surface area contributed by atoms with Gasteiger partial charge < -0.3 is 19.1 Å². The lowest BCUT2D eigenvalue weighted by atomic mass is 10.1. The van der Waals surface area contributed by atoms with Gasteiger partial charge in [0.1, 0.15) is 17.2 Å². The molecule has 0 saturated heterocycles. The first-order valence-corrected chi connectivity index (χ1v) is 10.2. The van der Waals surface area contributed by atoms with Crippen LogP contribution in [-0.2, 0) is 16.4 Å². The molecule has 0 aromatic heterocycles. The standard InChI is InChI=1S/C20H23NO5S/c1-4-26-16-10-8-15(9-11-16)14-21-12-13-27(22,23)20(21)19-17(24-2)6-5-7-18(19)25-3/h5-13,20H,4,14H2,1-3H3. The summed E-state index contributed by atoms with van der Waals surface area (Å²) in [4.78, 5) is 1.77. The van der Waals surface area contributed by atoms with Gasteiger partial charge in [-0.25, -0.2) is 8.42 Å². The molecule has 7 heteroatoms. The van der Waals surface area contributed by atoms with E-state index in [-0.39, 0.29) is 0 Å². The number of rotatable bonds is 7. The predicted molar refractivity (Wildman–Crippen MR) is 104 cm³/mol. The third-order valence-corrected chi connectivity index (χ3v) is 6.00. The van der Waals surface area contributed by atoms with E-state index >= 15 is 0 Å². The third kappa shape index (κ3) is 3.88. The lowest BCUT2D eigenvalue weighted by molar-refractivity contribution is 0.319. The van der Waals surface area contributed by atoms with Gasteiger partial charge >= 0.3 is 0 Å². The number of sulfone groups is 1. The fraction of sp³-hybridized carbons (Fsp3) is 0.300. The van der Waals surface area contributed by atoms with Crippen molar-refractivity contribution in [3.63, 3.8) is 0 Å². The molecule has 0 N–H and O–H groups in total. The predicted octanol–water partition coefficient (Wildman–Crippen LogP) is 3.50. The smallest absolute Gasteiger partial charge is 0.198 e. The van der Waals surface area contributed by atoms with Crippen molar-refractivity contribution in [1.82, 2.24) is 4.90 Å². The van der Waals surface area contributed by atoms with Crippen LogP contribution < -0.4 is 14.2 Å². The molecule has 1 heterocycles. The average molecular weight is 389 g/mol. The minimum atomic E-state index is -3.53. The summed E-state index contributed by atoms with van der Waals surface area (Å²) in [5, 5.41) is 0.327. The van der Waals surface area contributed by atoms with E-state index in [1.54, 1.807) is 29.3 Å². The van der Waals surface area contributed by atoms with Crippen LogP contribution in [0.1, 0.15) is 23.4 Å². The second-order valence-electron chi connectivity index (χ2n) is 6.05. The summed E-state index contributed by atoms with van der Waals surface area (Å²) in [7, 11) is -0.495. The molecule has 0 aliphatic carbocycles. The molecule has 0 amide bonds. The highest BCUT2D eigenvalue weighted by atomic mass is 32.2. The van der Waals surface area contributed by atoms with E-state index in [1.807, 2.05) is 31.2 Å². The molecule has 1 aliphatic heterocycles. The number of benzene rings is 2. The summed E-state index contributed by atoms with van der Waals surface area (Å²) in [6.07, 6.45) is 1.60. The first kappa shape index (κ1) is 19.1. The first-order chi connectivity index (χ1) is 13.0. The minimum absolute atomic E-state index is 0.425. The van der Waals surface area contributed by atoms with Gasteiger partial charge in [0.15, 0.2) is 15.2 Å². The Bertz CT molecular complexity index is 900. The van der Waals surface area contributed by atoms with Crippen LogP contribution in [-0.4, -0.2) is 34.1 Å². The minimum Gasteiger partial charge on any atom is -0.496 e. The van der Waals surface area contributed by atoms with E-state index < -0.39 is 15.2 Å². The van der Waals surface area contributed by atoms with Crippen molar-refractivity contribution in [3.05, 3.63) is 65.2 Å². The van der Waals surface area contributed by atoms with Crippen molar-refractivity contribution in [2.45, 2.75) is 18.8 Å². The molecule has 3 rings (SSSR count). The van der Waals surface area contributed by atoms with Gasteiger partial charge in [-0.15, -0.1) is 0 Å². The Morgan fingerprint density at radius 1 is 1.00 bits per heavy atom. The van der Waals surface area contributed by atoms with Crippen LogP contribution in [0, 0.1) is 0 Å². The molecule has 0 saturated carbocycles. The topological polar surface area (TPSA) is 65.1 Å². The van der Waals surface area contributed by atoms with Crippen LogP contribution in [0.15, 0.2) is 54.1 Å². The number of ether oxygens (including phenoxy) is 3. The van der Waals surface area contributed by atoms with Crippen LogP contribution in [0.25, 0.3) is 0 Å². The maximum absolute atomic E-state index is 12.8. The van der Waals surface area contributed by atoms with Gasteiger partial charge in [-0.05, 0) is 36.8 Å². The Morgan fingerprint density at radius 3 is 2.19 bits per heavy atom. The van der Waals surface area contributed by atoms with Gasteiger partial charge in [0, 0.05) is 18.2 Å². The van der Waals surface area contributed by atoms with E-state index in [0.29, 0.717) is 30.2 Å². The fourth-order valence-electron chi connectivity index (χ4n) is 3.16. The van der Waals surface area contributed by atoms with Crippen LogP contribution in [0.2, 0.25) is 0 Å². The number of methoxy groups -OCH3 is 2. The van der Waals surface area contributed by atoms with E-state index in [1.165, 1.54) is 19.6 Å². The molecule has 1 aliphatic rings. The van der Waals surface area contributed by atoms with Crippen molar-refractivity contribution in [2.75, 3.05) is 20.8 Å². The summed E-state index contributed by atoms with van der Waals surface area (Å²) in [5.74, 6) is 1.74. The fourth-order valence-corrected chi connectivity index (χ4v) is 4.72.